The van der Waals surface area contributed by atoms with E-state index >= 15 is 0 Å². The molecule has 0 aliphatic carbocycles. The Balaban J connectivity index is 2.10. The topological polar surface area (TPSA) is 50.1 Å². The van der Waals surface area contributed by atoms with Crippen LogP contribution in [0.5, 0.6) is 5.75 Å². The summed E-state index contributed by atoms with van der Waals surface area (Å²) in [5, 5.41) is 9.03. The van der Waals surface area contributed by atoms with Crippen molar-refractivity contribution in [2.45, 2.75) is 6.92 Å². The second kappa shape index (κ2) is 6.36. The van der Waals surface area contributed by atoms with Gasteiger partial charge in [-0.25, -0.2) is 0 Å². The van der Waals surface area contributed by atoms with E-state index in [1.54, 1.807) is 24.3 Å². The van der Waals surface area contributed by atoms with E-state index in [2.05, 4.69) is 15.9 Å². The van der Waals surface area contributed by atoms with Crippen LogP contribution in [0.25, 0.3) is 0 Å². The normalized spacial score (nSPS) is 9.85. The van der Waals surface area contributed by atoms with Gasteiger partial charge in [0.2, 0.25) is 0 Å². The lowest BCUT2D eigenvalue weighted by molar-refractivity contribution is 0.0921. The van der Waals surface area contributed by atoms with Crippen molar-refractivity contribution in [2.24, 2.45) is 0 Å². The standard InChI is InChI=1S/C16H12BrNO2/c1-11-3-2-4-12(7-11)15(19)10-20-16-6-5-14(17)8-13(16)9-18/h2-8H,10H2,1H3. The predicted molar refractivity (Wildman–Crippen MR) is 79.9 cm³/mol. The van der Waals surface area contributed by atoms with E-state index in [1.807, 2.05) is 31.2 Å². The van der Waals surface area contributed by atoms with Crippen LogP contribution in [0.4, 0.5) is 0 Å². The number of aryl methyl sites for hydroxylation is 1. The van der Waals surface area contributed by atoms with Crippen molar-refractivity contribution in [3.8, 4) is 11.8 Å². The summed E-state index contributed by atoms with van der Waals surface area (Å²) in [4.78, 5) is 12.0. The highest BCUT2D eigenvalue weighted by Gasteiger charge is 2.09. The van der Waals surface area contributed by atoms with Crippen molar-refractivity contribution in [1.29, 1.82) is 5.26 Å². The smallest absolute Gasteiger partial charge is 0.200 e. The molecule has 0 amide bonds. The van der Waals surface area contributed by atoms with Crippen LogP contribution in [0.15, 0.2) is 46.9 Å². The number of carbonyl (C=O) groups excluding carboxylic acids is 1. The average Bonchev–Trinajstić information content (AvgIpc) is 2.45. The summed E-state index contributed by atoms with van der Waals surface area (Å²) < 4.78 is 6.24. The highest BCUT2D eigenvalue weighted by atomic mass is 79.9. The lowest BCUT2D eigenvalue weighted by Gasteiger charge is -2.08. The number of nitriles is 1. The van der Waals surface area contributed by atoms with Crippen molar-refractivity contribution >= 4 is 21.7 Å². The minimum absolute atomic E-state index is 0.0836. The summed E-state index contributed by atoms with van der Waals surface area (Å²) in [5.74, 6) is 0.303. The molecular weight excluding hydrogens is 318 g/mol. The van der Waals surface area contributed by atoms with Crippen LogP contribution in [0.1, 0.15) is 21.5 Å². The number of benzene rings is 2. The van der Waals surface area contributed by atoms with E-state index < -0.39 is 0 Å². The van der Waals surface area contributed by atoms with E-state index in [1.165, 1.54) is 0 Å². The molecule has 20 heavy (non-hydrogen) atoms. The number of halogens is 1. The summed E-state index contributed by atoms with van der Waals surface area (Å²) in [7, 11) is 0. The molecule has 0 N–H and O–H groups in total. The SMILES string of the molecule is Cc1cccc(C(=O)COc2ccc(Br)cc2C#N)c1. The Morgan fingerprint density at radius 3 is 2.80 bits per heavy atom. The van der Waals surface area contributed by atoms with Gasteiger partial charge in [0.25, 0.3) is 0 Å². The zero-order valence-electron chi connectivity index (χ0n) is 10.9. The number of ketones is 1. The molecule has 0 radical (unpaired) electrons. The molecule has 2 aromatic rings. The Bertz CT molecular complexity index is 689. The van der Waals surface area contributed by atoms with Crippen LogP contribution in [-0.2, 0) is 0 Å². The third-order valence-electron chi connectivity index (χ3n) is 2.76. The van der Waals surface area contributed by atoms with Crippen LogP contribution in [0.3, 0.4) is 0 Å². The monoisotopic (exact) mass is 329 g/mol. The summed E-state index contributed by atoms with van der Waals surface area (Å²) in [5.41, 5.74) is 2.04. The maximum atomic E-state index is 12.0. The summed E-state index contributed by atoms with van der Waals surface area (Å²) >= 11 is 3.29. The van der Waals surface area contributed by atoms with Gasteiger partial charge < -0.3 is 4.74 Å². The Hall–Kier alpha value is -2.12. The van der Waals surface area contributed by atoms with Gasteiger partial charge in [-0.2, -0.15) is 5.26 Å². The maximum Gasteiger partial charge on any atom is 0.200 e. The van der Waals surface area contributed by atoms with Gasteiger partial charge >= 0.3 is 0 Å². The van der Waals surface area contributed by atoms with E-state index in [0.29, 0.717) is 16.9 Å². The van der Waals surface area contributed by atoms with Crippen molar-refractivity contribution < 1.29 is 9.53 Å². The number of carbonyl (C=O) groups is 1. The van der Waals surface area contributed by atoms with Gasteiger partial charge in [-0.05, 0) is 31.2 Å². The van der Waals surface area contributed by atoms with Gasteiger partial charge in [-0.3, -0.25) is 4.79 Å². The summed E-state index contributed by atoms with van der Waals surface area (Å²) in [6.07, 6.45) is 0. The quantitative estimate of drug-likeness (QED) is 0.799. The van der Waals surface area contributed by atoms with Crippen molar-refractivity contribution in [2.75, 3.05) is 6.61 Å². The molecule has 3 nitrogen and oxygen atoms in total. The first-order valence-corrected chi connectivity index (χ1v) is 6.82. The Kier molecular flexibility index (Phi) is 4.54. The van der Waals surface area contributed by atoms with Gasteiger partial charge in [0.1, 0.15) is 11.8 Å². The molecule has 0 saturated heterocycles. The molecule has 0 aromatic heterocycles. The second-order valence-electron chi connectivity index (χ2n) is 4.33. The molecule has 0 bridgehead atoms. The van der Waals surface area contributed by atoms with Gasteiger partial charge in [0.15, 0.2) is 12.4 Å². The Labute approximate surface area is 125 Å². The number of hydrogen-bond acceptors (Lipinski definition) is 3. The molecule has 0 spiro atoms. The first-order chi connectivity index (χ1) is 9.60. The molecule has 0 saturated carbocycles. The van der Waals surface area contributed by atoms with Crippen LogP contribution >= 0.6 is 15.9 Å². The van der Waals surface area contributed by atoms with Crippen molar-refractivity contribution in [1.82, 2.24) is 0 Å². The van der Waals surface area contributed by atoms with Crippen molar-refractivity contribution in [3.05, 3.63) is 63.6 Å². The van der Waals surface area contributed by atoms with Crippen LogP contribution in [-0.4, -0.2) is 12.4 Å². The van der Waals surface area contributed by atoms with Gasteiger partial charge in [-0.1, -0.05) is 39.7 Å². The zero-order chi connectivity index (χ0) is 14.5. The van der Waals surface area contributed by atoms with E-state index in [0.717, 1.165) is 10.0 Å². The van der Waals surface area contributed by atoms with Crippen LogP contribution in [0, 0.1) is 18.3 Å². The number of rotatable bonds is 4. The third kappa shape index (κ3) is 3.46. The fraction of sp³-hybridized carbons (Fsp3) is 0.125. The molecule has 2 aromatic carbocycles. The molecule has 2 rings (SSSR count). The zero-order valence-corrected chi connectivity index (χ0v) is 12.5. The average molecular weight is 330 g/mol. The number of hydrogen-bond donors (Lipinski definition) is 0. The highest BCUT2D eigenvalue weighted by molar-refractivity contribution is 9.10. The van der Waals surface area contributed by atoms with E-state index in [-0.39, 0.29) is 12.4 Å². The molecular formula is C16H12BrNO2. The molecule has 0 atom stereocenters. The number of ether oxygens (including phenoxy) is 1. The predicted octanol–water partition coefficient (Wildman–Crippen LogP) is 3.89. The Morgan fingerprint density at radius 2 is 2.10 bits per heavy atom. The number of Topliss-reactive ketones (excluding diaryl/α,β-unsaturated/α-hetero) is 1. The minimum atomic E-state index is -0.111. The fourth-order valence-electron chi connectivity index (χ4n) is 1.76. The first kappa shape index (κ1) is 14.3. The molecule has 0 unspecified atom stereocenters. The highest BCUT2D eigenvalue weighted by Crippen LogP contribution is 2.22. The molecule has 0 aliphatic heterocycles. The third-order valence-corrected chi connectivity index (χ3v) is 3.25. The molecule has 0 heterocycles. The van der Waals surface area contributed by atoms with Gasteiger partial charge in [0, 0.05) is 10.0 Å². The lowest BCUT2D eigenvalue weighted by Crippen LogP contribution is -2.12. The summed E-state index contributed by atoms with van der Waals surface area (Å²) in [6.45, 7) is 1.85. The van der Waals surface area contributed by atoms with Gasteiger partial charge in [0.05, 0.1) is 5.56 Å². The largest absolute Gasteiger partial charge is 0.484 e. The summed E-state index contributed by atoms with van der Waals surface area (Å²) in [6, 6.07) is 14.5. The fourth-order valence-corrected chi connectivity index (χ4v) is 2.12. The molecule has 100 valence electrons. The molecule has 4 heteroatoms. The first-order valence-electron chi connectivity index (χ1n) is 6.02. The van der Waals surface area contributed by atoms with Crippen LogP contribution in [0.2, 0.25) is 0 Å². The lowest BCUT2D eigenvalue weighted by atomic mass is 10.1. The van der Waals surface area contributed by atoms with E-state index in [9.17, 15) is 4.79 Å². The van der Waals surface area contributed by atoms with E-state index in [4.69, 9.17) is 10.00 Å². The van der Waals surface area contributed by atoms with Gasteiger partial charge in [-0.15, -0.1) is 0 Å². The maximum absolute atomic E-state index is 12.0. The van der Waals surface area contributed by atoms with Crippen LogP contribution < -0.4 is 4.74 Å². The minimum Gasteiger partial charge on any atom is -0.484 e. The second-order valence-corrected chi connectivity index (χ2v) is 5.25. The van der Waals surface area contributed by atoms with Crippen molar-refractivity contribution in [3.63, 3.8) is 0 Å². The molecule has 0 fully saturated rings. The molecule has 0 aliphatic rings. The Morgan fingerprint density at radius 1 is 1.30 bits per heavy atom. The number of nitrogens with zero attached hydrogens (tertiary/aromatic N) is 1.